The van der Waals surface area contributed by atoms with Crippen LogP contribution in [0.1, 0.15) is 51.9 Å². The van der Waals surface area contributed by atoms with Crippen LogP contribution in [0.2, 0.25) is 0 Å². The Bertz CT molecular complexity index is 356. The highest BCUT2D eigenvalue weighted by Gasteiger charge is 2.12. The van der Waals surface area contributed by atoms with E-state index in [1.54, 1.807) is 0 Å². The summed E-state index contributed by atoms with van der Waals surface area (Å²) in [5.41, 5.74) is 1.15. The third-order valence-electron chi connectivity index (χ3n) is 3.90. The summed E-state index contributed by atoms with van der Waals surface area (Å²) in [6.07, 6.45) is 9.47. The van der Waals surface area contributed by atoms with E-state index in [2.05, 4.69) is 30.4 Å². The Hall–Kier alpha value is -1.18. The monoisotopic (exact) mass is 261 g/mol. The summed E-state index contributed by atoms with van der Waals surface area (Å²) >= 11 is 0. The van der Waals surface area contributed by atoms with E-state index in [0.717, 1.165) is 36.9 Å². The molecule has 0 saturated heterocycles. The van der Waals surface area contributed by atoms with E-state index in [1.165, 1.54) is 38.5 Å². The van der Waals surface area contributed by atoms with Crippen molar-refractivity contribution in [2.45, 2.75) is 51.9 Å². The van der Waals surface area contributed by atoms with Gasteiger partial charge in [0, 0.05) is 6.54 Å². The molecule has 2 rings (SSSR count). The molecule has 2 heteroatoms. The molecule has 1 aromatic rings. The van der Waals surface area contributed by atoms with E-state index in [9.17, 15) is 0 Å². The molecular weight excluding hydrogens is 234 g/mol. The summed E-state index contributed by atoms with van der Waals surface area (Å²) < 4.78 is 5.79. The average Bonchev–Trinajstić information content (AvgIpc) is 2.72. The normalized spacial score (nSPS) is 16.9. The summed E-state index contributed by atoms with van der Waals surface area (Å²) in [6.45, 7) is 4.02. The van der Waals surface area contributed by atoms with E-state index >= 15 is 0 Å². The Labute approximate surface area is 117 Å². The van der Waals surface area contributed by atoms with Crippen molar-refractivity contribution in [3.8, 4) is 5.75 Å². The Morgan fingerprint density at radius 1 is 1.11 bits per heavy atom. The van der Waals surface area contributed by atoms with Gasteiger partial charge in [-0.3, -0.25) is 0 Å². The van der Waals surface area contributed by atoms with Crippen molar-refractivity contribution < 1.29 is 4.74 Å². The van der Waals surface area contributed by atoms with Gasteiger partial charge in [-0.05, 0) is 37.3 Å². The minimum Gasteiger partial charge on any atom is -0.491 e. The maximum atomic E-state index is 5.79. The van der Waals surface area contributed by atoms with Crippen molar-refractivity contribution in [3.05, 3.63) is 24.3 Å². The standard InChI is InChI=1S/C17H27NO/c1-2-13-19-17-12-8-7-11-16(17)18-14-15-9-5-3-4-6-10-15/h7-8,11-12,15,18H,2-6,9-10,13-14H2,1H3. The minimum atomic E-state index is 0.794. The van der Waals surface area contributed by atoms with Gasteiger partial charge in [0.05, 0.1) is 12.3 Å². The number of anilines is 1. The number of hydrogen-bond acceptors (Lipinski definition) is 2. The second-order valence-electron chi connectivity index (χ2n) is 5.58. The first-order valence-electron chi connectivity index (χ1n) is 7.86. The number of nitrogens with one attached hydrogen (secondary N) is 1. The fourth-order valence-corrected chi connectivity index (χ4v) is 2.77. The van der Waals surface area contributed by atoms with Crippen LogP contribution in [0, 0.1) is 5.92 Å². The zero-order valence-electron chi connectivity index (χ0n) is 12.2. The number of benzene rings is 1. The molecule has 2 nitrogen and oxygen atoms in total. The highest BCUT2D eigenvalue weighted by molar-refractivity contribution is 5.56. The molecule has 1 aromatic carbocycles. The van der Waals surface area contributed by atoms with E-state index < -0.39 is 0 Å². The molecule has 0 radical (unpaired) electrons. The van der Waals surface area contributed by atoms with Crippen LogP contribution in [-0.2, 0) is 0 Å². The number of para-hydroxylation sites is 2. The molecule has 106 valence electrons. The van der Waals surface area contributed by atoms with Gasteiger partial charge < -0.3 is 10.1 Å². The topological polar surface area (TPSA) is 21.3 Å². The van der Waals surface area contributed by atoms with Crippen LogP contribution in [0.15, 0.2) is 24.3 Å². The molecule has 0 unspecified atom stereocenters. The zero-order valence-corrected chi connectivity index (χ0v) is 12.2. The SMILES string of the molecule is CCCOc1ccccc1NCC1CCCCCC1. The van der Waals surface area contributed by atoms with Crippen LogP contribution in [0.4, 0.5) is 5.69 Å². The third-order valence-corrected chi connectivity index (χ3v) is 3.90. The summed E-state index contributed by atoms with van der Waals surface area (Å²) in [5.74, 6) is 1.83. The summed E-state index contributed by atoms with van der Waals surface area (Å²) in [5, 5.41) is 3.59. The summed E-state index contributed by atoms with van der Waals surface area (Å²) in [4.78, 5) is 0. The molecule has 19 heavy (non-hydrogen) atoms. The van der Waals surface area contributed by atoms with Gasteiger partial charge in [0.25, 0.3) is 0 Å². The molecule has 1 aliphatic carbocycles. The van der Waals surface area contributed by atoms with Gasteiger partial charge in [0.15, 0.2) is 0 Å². The Morgan fingerprint density at radius 3 is 2.58 bits per heavy atom. The molecule has 0 aliphatic heterocycles. The number of hydrogen-bond donors (Lipinski definition) is 1. The Balaban J connectivity index is 1.87. The Morgan fingerprint density at radius 2 is 1.84 bits per heavy atom. The first kappa shape index (κ1) is 14.2. The second kappa shape index (κ2) is 8.08. The first-order valence-corrected chi connectivity index (χ1v) is 7.86. The Kier molecular flexibility index (Phi) is 6.06. The van der Waals surface area contributed by atoms with E-state index in [4.69, 9.17) is 4.74 Å². The quantitative estimate of drug-likeness (QED) is 0.738. The van der Waals surface area contributed by atoms with Crippen LogP contribution >= 0.6 is 0 Å². The lowest BCUT2D eigenvalue weighted by Crippen LogP contribution is -2.14. The molecule has 0 atom stereocenters. The van der Waals surface area contributed by atoms with E-state index in [0.29, 0.717) is 0 Å². The lowest BCUT2D eigenvalue weighted by molar-refractivity contribution is 0.318. The smallest absolute Gasteiger partial charge is 0.142 e. The van der Waals surface area contributed by atoms with Crippen molar-refractivity contribution in [3.63, 3.8) is 0 Å². The van der Waals surface area contributed by atoms with Crippen molar-refractivity contribution in [1.29, 1.82) is 0 Å². The first-order chi connectivity index (χ1) is 9.40. The predicted molar refractivity (Wildman–Crippen MR) is 81.9 cm³/mol. The van der Waals surface area contributed by atoms with E-state index in [-0.39, 0.29) is 0 Å². The molecule has 1 N–H and O–H groups in total. The lowest BCUT2D eigenvalue weighted by Gasteiger charge is -2.18. The van der Waals surface area contributed by atoms with Crippen molar-refractivity contribution in [1.82, 2.24) is 0 Å². The van der Waals surface area contributed by atoms with Crippen LogP contribution in [0.5, 0.6) is 5.75 Å². The maximum absolute atomic E-state index is 5.79. The molecule has 0 heterocycles. The highest BCUT2D eigenvalue weighted by Crippen LogP contribution is 2.27. The third kappa shape index (κ3) is 4.77. The molecule has 1 aliphatic rings. The van der Waals surface area contributed by atoms with Crippen molar-refractivity contribution >= 4 is 5.69 Å². The van der Waals surface area contributed by atoms with Crippen LogP contribution in [0.25, 0.3) is 0 Å². The van der Waals surface area contributed by atoms with Gasteiger partial charge in [-0.1, -0.05) is 44.7 Å². The maximum Gasteiger partial charge on any atom is 0.142 e. The van der Waals surface area contributed by atoms with Crippen LogP contribution in [-0.4, -0.2) is 13.2 Å². The second-order valence-corrected chi connectivity index (χ2v) is 5.58. The van der Waals surface area contributed by atoms with Gasteiger partial charge >= 0.3 is 0 Å². The van der Waals surface area contributed by atoms with Gasteiger partial charge in [-0.2, -0.15) is 0 Å². The summed E-state index contributed by atoms with van der Waals surface area (Å²) in [6, 6.07) is 8.31. The number of ether oxygens (including phenoxy) is 1. The molecule has 0 spiro atoms. The largest absolute Gasteiger partial charge is 0.491 e. The molecule has 1 fully saturated rings. The predicted octanol–water partition coefficient (Wildman–Crippen LogP) is 4.86. The van der Waals surface area contributed by atoms with Gasteiger partial charge in [-0.15, -0.1) is 0 Å². The highest BCUT2D eigenvalue weighted by atomic mass is 16.5. The number of rotatable bonds is 6. The molecule has 0 bridgehead atoms. The van der Waals surface area contributed by atoms with Crippen molar-refractivity contribution in [2.75, 3.05) is 18.5 Å². The lowest BCUT2D eigenvalue weighted by atomic mass is 10.0. The molecule has 0 aromatic heterocycles. The fraction of sp³-hybridized carbons (Fsp3) is 0.647. The fourth-order valence-electron chi connectivity index (χ4n) is 2.77. The minimum absolute atomic E-state index is 0.794. The zero-order chi connectivity index (χ0) is 13.3. The van der Waals surface area contributed by atoms with Crippen LogP contribution < -0.4 is 10.1 Å². The average molecular weight is 261 g/mol. The van der Waals surface area contributed by atoms with Gasteiger partial charge in [0.1, 0.15) is 5.75 Å². The van der Waals surface area contributed by atoms with Crippen LogP contribution in [0.3, 0.4) is 0 Å². The summed E-state index contributed by atoms with van der Waals surface area (Å²) in [7, 11) is 0. The van der Waals surface area contributed by atoms with Gasteiger partial charge in [-0.25, -0.2) is 0 Å². The van der Waals surface area contributed by atoms with Gasteiger partial charge in [0.2, 0.25) is 0 Å². The van der Waals surface area contributed by atoms with E-state index in [1.807, 2.05) is 6.07 Å². The molecular formula is C17H27NO. The van der Waals surface area contributed by atoms with Crippen molar-refractivity contribution in [2.24, 2.45) is 5.92 Å². The molecule has 1 saturated carbocycles. The molecule has 0 amide bonds.